The van der Waals surface area contributed by atoms with Gasteiger partial charge in [0, 0.05) is 11.9 Å². The van der Waals surface area contributed by atoms with Gasteiger partial charge in [-0.3, -0.25) is 4.79 Å². The zero-order valence-corrected chi connectivity index (χ0v) is 12.5. The van der Waals surface area contributed by atoms with Crippen molar-refractivity contribution < 1.29 is 14.3 Å². The minimum Gasteiger partial charge on any atom is -0.507 e. The van der Waals surface area contributed by atoms with Gasteiger partial charge in [0.1, 0.15) is 11.6 Å². The number of rotatable bonds is 7. The van der Waals surface area contributed by atoms with Crippen LogP contribution in [-0.2, 0) is 0 Å². The summed E-state index contributed by atoms with van der Waals surface area (Å²) < 4.78 is 13.1. The number of amides is 1. The Bertz CT molecular complexity index is 420. The van der Waals surface area contributed by atoms with E-state index < -0.39 is 11.7 Å². The number of carbonyl (C=O) groups excluding carboxylic acids is 1. The molecule has 1 aromatic carbocycles. The fourth-order valence-electron chi connectivity index (χ4n) is 1.93. The Labute approximate surface area is 121 Å². The molecule has 0 bridgehead atoms. The van der Waals surface area contributed by atoms with E-state index in [9.17, 15) is 14.3 Å². The zero-order chi connectivity index (χ0) is 14.3. The third-order valence-electron chi connectivity index (χ3n) is 2.97. The minimum atomic E-state index is -0.534. The summed E-state index contributed by atoms with van der Waals surface area (Å²) in [6.45, 7) is 2.63. The van der Waals surface area contributed by atoms with Crippen LogP contribution < -0.4 is 5.32 Å². The summed E-state index contributed by atoms with van der Waals surface area (Å²) in [5.74, 6) is -0.781. The van der Waals surface area contributed by atoms with Crippen molar-refractivity contribution in [2.75, 3.05) is 11.9 Å². The molecule has 0 aromatic heterocycles. The second-order valence-electron chi connectivity index (χ2n) is 4.50. The summed E-state index contributed by atoms with van der Waals surface area (Å²) >= 11 is 3.39. The minimum absolute atomic E-state index is 0.0194. The topological polar surface area (TPSA) is 49.3 Å². The standard InChI is InChI=1S/C14H19BrFNO2/c1-2-3-10(6-7-15)9-17-14(19)12-8-11(16)4-5-13(12)18/h4-5,8,10,18H,2-3,6-7,9H2,1H3,(H,17,19). The van der Waals surface area contributed by atoms with E-state index in [0.717, 1.165) is 36.7 Å². The molecule has 0 heterocycles. The molecule has 106 valence electrons. The summed E-state index contributed by atoms with van der Waals surface area (Å²) in [5.41, 5.74) is -0.0194. The highest BCUT2D eigenvalue weighted by molar-refractivity contribution is 9.09. The highest BCUT2D eigenvalue weighted by Crippen LogP contribution is 2.18. The number of hydrogen-bond donors (Lipinski definition) is 2. The van der Waals surface area contributed by atoms with Crippen LogP contribution in [0.5, 0.6) is 5.75 Å². The number of nitrogens with one attached hydrogen (secondary N) is 1. The molecule has 0 saturated heterocycles. The zero-order valence-electron chi connectivity index (χ0n) is 11.0. The summed E-state index contributed by atoms with van der Waals surface area (Å²) in [7, 11) is 0. The quantitative estimate of drug-likeness (QED) is 0.751. The van der Waals surface area contributed by atoms with Crippen molar-refractivity contribution in [1.82, 2.24) is 5.32 Å². The number of carbonyl (C=O) groups is 1. The van der Waals surface area contributed by atoms with Crippen LogP contribution in [0, 0.1) is 11.7 Å². The maximum atomic E-state index is 13.1. The lowest BCUT2D eigenvalue weighted by molar-refractivity contribution is 0.0943. The van der Waals surface area contributed by atoms with Crippen molar-refractivity contribution in [2.45, 2.75) is 26.2 Å². The van der Waals surface area contributed by atoms with E-state index in [2.05, 4.69) is 28.2 Å². The van der Waals surface area contributed by atoms with Gasteiger partial charge < -0.3 is 10.4 Å². The molecule has 5 heteroatoms. The number of alkyl halides is 1. The predicted molar refractivity (Wildman–Crippen MR) is 77.2 cm³/mol. The second kappa shape index (κ2) is 8.15. The molecule has 0 spiro atoms. The molecule has 1 rings (SSSR count). The average Bonchev–Trinajstić information content (AvgIpc) is 2.39. The molecule has 0 aliphatic heterocycles. The van der Waals surface area contributed by atoms with Gasteiger partial charge in [-0.05, 0) is 37.0 Å². The molecule has 0 aliphatic rings. The first kappa shape index (κ1) is 16.0. The molecule has 0 saturated carbocycles. The van der Waals surface area contributed by atoms with E-state index in [1.807, 2.05) is 0 Å². The maximum absolute atomic E-state index is 13.1. The van der Waals surface area contributed by atoms with Gasteiger partial charge in [0.25, 0.3) is 5.91 Å². The van der Waals surface area contributed by atoms with E-state index in [1.54, 1.807) is 0 Å². The highest BCUT2D eigenvalue weighted by Gasteiger charge is 2.14. The Morgan fingerprint density at radius 2 is 2.21 bits per heavy atom. The molecule has 1 amide bonds. The number of halogens is 2. The molecule has 3 nitrogen and oxygen atoms in total. The van der Waals surface area contributed by atoms with Gasteiger partial charge in [-0.15, -0.1) is 0 Å². The second-order valence-corrected chi connectivity index (χ2v) is 5.30. The number of phenols is 1. The highest BCUT2D eigenvalue weighted by atomic mass is 79.9. The first-order valence-corrected chi connectivity index (χ1v) is 7.53. The lowest BCUT2D eigenvalue weighted by Gasteiger charge is -2.16. The first-order chi connectivity index (χ1) is 9.08. The van der Waals surface area contributed by atoms with Gasteiger partial charge in [0.15, 0.2) is 0 Å². The molecule has 1 atom stereocenters. The van der Waals surface area contributed by atoms with Gasteiger partial charge >= 0.3 is 0 Å². The van der Waals surface area contributed by atoms with Crippen molar-refractivity contribution in [2.24, 2.45) is 5.92 Å². The Morgan fingerprint density at radius 1 is 1.47 bits per heavy atom. The number of aromatic hydroxyl groups is 1. The summed E-state index contributed by atoms with van der Waals surface area (Å²) in [4.78, 5) is 11.9. The van der Waals surface area contributed by atoms with Crippen LogP contribution in [0.4, 0.5) is 4.39 Å². The van der Waals surface area contributed by atoms with Crippen molar-refractivity contribution >= 4 is 21.8 Å². The van der Waals surface area contributed by atoms with Crippen LogP contribution >= 0.6 is 15.9 Å². The van der Waals surface area contributed by atoms with Crippen molar-refractivity contribution in [3.8, 4) is 5.75 Å². The average molecular weight is 332 g/mol. The Kier molecular flexibility index (Phi) is 6.84. The van der Waals surface area contributed by atoms with Crippen LogP contribution in [-0.4, -0.2) is 22.9 Å². The monoisotopic (exact) mass is 331 g/mol. The number of benzene rings is 1. The molecule has 19 heavy (non-hydrogen) atoms. The lowest BCUT2D eigenvalue weighted by Crippen LogP contribution is -2.29. The Balaban J connectivity index is 2.61. The number of phenolic OH excluding ortho intramolecular Hbond substituents is 1. The van der Waals surface area contributed by atoms with Crippen molar-refractivity contribution in [1.29, 1.82) is 0 Å². The first-order valence-electron chi connectivity index (χ1n) is 6.41. The van der Waals surface area contributed by atoms with Gasteiger partial charge in [-0.2, -0.15) is 0 Å². The third kappa shape index (κ3) is 5.19. The van der Waals surface area contributed by atoms with Gasteiger partial charge in [0.05, 0.1) is 5.56 Å². The summed E-state index contributed by atoms with van der Waals surface area (Å²) in [6, 6.07) is 3.35. The van der Waals surface area contributed by atoms with Crippen LogP contribution in [0.15, 0.2) is 18.2 Å². The largest absolute Gasteiger partial charge is 0.507 e. The van der Waals surface area contributed by atoms with Gasteiger partial charge in [-0.1, -0.05) is 29.3 Å². The van der Waals surface area contributed by atoms with E-state index in [1.165, 1.54) is 6.07 Å². The Hall–Kier alpha value is -1.10. The van der Waals surface area contributed by atoms with Crippen LogP contribution in [0.1, 0.15) is 36.5 Å². The summed E-state index contributed by atoms with van der Waals surface area (Å²) in [5, 5.41) is 13.2. The molecule has 0 radical (unpaired) electrons. The fourth-order valence-corrected chi connectivity index (χ4v) is 2.58. The molecule has 1 aromatic rings. The van der Waals surface area contributed by atoms with Gasteiger partial charge in [-0.25, -0.2) is 4.39 Å². The SMILES string of the molecule is CCCC(CCBr)CNC(=O)c1cc(F)ccc1O. The summed E-state index contributed by atoms with van der Waals surface area (Å²) in [6.07, 6.45) is 3.06. The van der Waals surface area contributed by atoms with E-state index in [0.29, 0.717) is 12.5 Å². The van der Waals surface area contributed by atoms with Crippen LogP contribution in [0.2, 0.25) is 0 Å². The Morgan fingerprint density at radius 3 is 2.84 bits per heavy atom. The van der Waals surface area contributed by atoms with Crippen molar-refractivity contribution in [3.63, 3.8) is 0 Å². The molecule has 0 fully saturated rings. The molecular formula is C14H19BrFNO2. The van der Waals surface area contributed by atoms with Crippen LogP contribution in [0.3, 0.4) is 0 Å². The predicted octanol–water partition coefficient (Wildman–Crippen LogP) is 3.46. The van der Waals surface area contributed by atoms with E-state index >= 15 is 0 Å². The fraction of sp³-hybridized carbons (Fsp3) is 0.500. The van der Waals surface area contributed by atoms with E-state index in [-0.39, 0.29) is 11.3 Å². The molecular weight excluding hydrogens is 313 g/mol. The van der Waals surface area contributed by atoms with Gasteiger partial charge in [0.2, 0.25) is 0 Å². The lowest BCUT2D eigenvalue weighted by atomic mass is 10.0. The van der Waals surface area contributed by atoms with Crippen molar-refractivity contribution in [3.05, 3.63) is 29.6 Å². The molecule has 1 unspecified atom stereocenters. The molecule has 0 aliphatic carbocycles. The normalized spacial score (nSPS) is 12.2. The number of hydrogen-bond acceptors (Lipinski definition) is 2. The van der Waals surface area contributed by atoms with E-state index in [4.69, 9.17) is 0 Å². The maximum Gasteiger partial charge on any atom is 0.255 e. The molecule has 2 N–H and O–H groups in total. The van der Waals surface area contributed by atoms with Crippen LogP contribution in [0.25, 0.3) is 0 Å². The third-order valence-corrected chi connectivity index (χ3v) is 3.43. The smallest absolute Gasteiger partial charge is 0.255 e.